The van der Waals surface area contributed by atoms with E-state index in [4.69, 9.17) is 4.74 Å². The second-order valence-electron chi connectivity index (χ2n) is 9.13. The number of nitrogens with zero attached hydrogens (tertiary/aromatic N) is 1. The largest absolute Gasteiger partial charge is 0.426 e. The zero-order chi connectivity index (χ0) is 18.5. The van der Waals surface area contributed by atoms with Gasteiger partial charge in [0.05, 0.1) is 12.6 Å². The minimum atomic E-state index is -0.211. The van der Waals surface area contributed by atoms with Gasteiger partial charge < -0.3 is 9.84 Å². The number of rotatable bonds is 3. The molecular weight excluding hydrogens is 326 g/mol. The maximum atomic E-state index is 11.9. The van der Waals surface area contributed by atoms with Crippen LogP contribution in [0.4, 0.5) is 0 Å². The molecule has 26 heavy (non-hydrogen) atoms. The van der Waals surface area contributed by atoms with Crippen LogP contribution >= 0.6 is 0 Å². The van der Waals surface area contributed by atoms with Crippen molar-refractivity contribution in [2.24, 2.45) is 17.3 Å². The minimum Gasteiger partial charge on any atom is -0.426 e. The van der Waals surface area contributed by atoms with Crippen LogP contribution in [-0.2, 0) is 11.2 Å². The maximum absolute atomic E-state index is 11.9. The third-order valence-corrected chi connectivity index (χ3v) is 7.32. The molecule has 5 unspecified atom stereocenters. The number of hydrogen-bond donors (Lipinski definition) is 1. The van der Waals surface area contributed by atoms with Gasteiger partial charge in [-0.3, -0.25) is 9.69 Å². The van der Waals surface area contributed by atoms with E-state index in [-0.39, 0.29) is 17.5 Å². The molecule has 0 aromatic heterocycles. The van der Waals surface area contributed by atoms with E-state index < -0.39 is 0 Å². The standard InChI is InChI=1S/C22H31NO3/c1-22-11-10-17-16-7-5-15(26-21(25)13-23(2)3)12-14(16)4-6-18(17)19(22)8-9-20(22)24/h5,7,12,17-20,24H,4,6,8-11,13H2,1-3H3. The van der Waals surface area contributed by atoms with Crippen LogP contribution in [0.3, 0.4) is 0 Å². The van der Waals surface area contributed by atoms with Crippen LogP contribution in [-0.4, -0.2) is 42.7 Å². The summed E-state index contributed by atoms with van der Waals surface area (Å²) >= 11 is 0. The summed E-state index contributed by atoms with van der Waals surface area (Å²) in [5.74, 6) is 2.42. The number of likely N-dealkylation sites (N-methyl/N-ethyl adjacent to an activating group) is 1. The first-order valence-corrected chi connectivity index (χ1v) is 10.0. The second-order valence-corrected chi connectivity index (χ2v) is 9.13. The van der Waals surface area contributed by atoms with Crippen molar-refractivity contribution in [1.82, 2.24) is 4.90 Å². The highest BCUT2D eigenvalue weighted by Crippen LogP contribution is 2.60. The highest BCUT2D eigenvalue weighted by molar-refractivity contribution is 5.74. The fourth-order valence-corrected chi connectivity index (χ4v) is 6.02. The summed E-state index contributed by atoms with van der Waals surface area (Å²) in [5.41, 5.74) is 2.93. The van der Waals surface area contributed by atoms with Gasteiger partial charge in [-0.05, 0) is 99.0 Å². The molecule has 0 amide bonds. The van der Waals surface area contributed by atoms with Crippen molar-refractivity contribution in [3.63, 3.8) is 0 Å². The van der Waals surface area contributed by atoms with Crippen molar-refractivity contribution in [3.8, 4) is 5.75 Å². The normalized spacial score (nSPS) is 35.6. The zero-order valence-electron chi connectivity index (χ0n) is 16.2. The van der Waals surface area contributed by atoms with E-state index in [1.165, 1.54) is 30.4 Å². The van der Waals surface area contributed by atoms with E-state index in [0.717, 1.165) is 19.3 Å². The van der Waals surface area contributed by atoms with E-state index in [9.17, 15) is 9.90 Å². The molecule has 0 aliphatic heterocycles. The molecule has 5 atom stereocenters. The number of fused-ring (bicyclic) bond motifs is 5. The fraction of sp³-hybridized carbons (Fsp3) is 0.682. The van der Waals surface area contributed by atoms with E-state index in [0.29, 0.717) is 30.0 Å². The molecule has 0 bridgehead atoms. The van der Waals surface area contributed by atoms with Gasteiger partial charge in [-0.15, -0.1) is 0 Å². The molecule has 0 radical (unpaired) electrons. The van der Waals surface area contributed by atoms with Crippen LogP contribution in [0.1, 0.15) is 56.1 Å². The third kappa shape index (κ3) is 2.97. The Morgan fingerprint density at radius 1 is 1.27 bits per heavy atom. The van der Waals surface area contributed by atoms with E-state index >= 15 is 0 Å². The van der Waals surface area contributed by atoms with Crippen LogP contribution in [0.25, 0.3) is 0 Å². The lowest BCUT2D eigenvalue weighted by atomic mass is 9.55. The van der Waals surface area contributed by atoms with Crippen molar-refractivity contribution < 1.29 is 14.6 Å². The molecule has 3 aliphatic rings. The molecule has 2 fully saturated rings. The van der Waals surface area contributed by atoms with Crippen LogP contribution in [0, 0.1) is 17.3 Å². The van der Waals surface area contributed by atoms with Gasteiger partial charge in [-0.1, -0.05) is 13.0 Å². The van der Waals surface area contributed by atoms with E-state index in [2.05, 4.69) is 19.1 Å². The van der Waals surface area contributed by atoms with Crippen molar-refractivity contribution >= 4 is 5.97 Å². The summed E-state index contributed by atoms with van der Waals surface area (Å²) < 4.78 is 5.51. The summed E-state index contributed by atoms with van der Waals surface area (Å²) in [4.78, 5) is 13.7. The van der Waals surface area contributed by atoms with Crippen LogP contribution in [0.15, 0.2) is 18.2 Å². The number of carbonyl (C=O) groups excluding carboxylic acids is 1. The lowest BCUT2D eigenvalue weighted by Gasteiger charge is -2.50. The molecule has 4 nitrogen and oxygen atoms in total. The van der Waals surface area contributed by atoms with Crippen molar-refractivity contribution in [1.29, 1.82) is 0 Å². The summed E-state index contributed by atoms with van der Waals surface area (Å²) in [6, 6.07) is 6.24. The molecule has 0 heterocycles. The topological polar surface area (TPSA) is 49.8 Å². The maximum Gasteiger partial charge on any atom is 0.325 e. The molecular formula is C22H31NO3. The highest BCUT2D eigenvalue weighted by atomic mass is 16.5. The molecule has 1 aromatic rings. The quantitative estimate of drug-likeness (QED) is 0.666. The Bertz CT molecular complexity index is 701. The first-order chi connectivity index (χ1) is 12.4. The molecule has 3 aliphatic carbocycles. The SMILES string of the molecule is CN(C)CC(=O)Oc1ccc2c(c1)CCC1C2CCC2(C)C(O)CCC12. The van der Waals surface area contributed by atoms with Gasteiger partial charge in [0.1, 0.15) is 5.75 Å². The number of aliphatic hydroxyl groups is 1. The predicted octanol–water partition coefficient (Wildman–Crippen LogP) is 3.37. The fourth-order valence-electron chi connectivity index (χ4n) is 6.02. The minimum absolute atomic E-state index is 0.117. The second kappa shape index (κ2) is 6.65. The number of aryl methyl sites for hydroxylation is 1. The molecule has 4 rings (SSSR count). The highest BCUT2D eigenvalue weighted by Gasteiger charge is 2.54. The number of carbonyl (C=O) groups is 1. The first-order valence-electron chi connectivity index (χ1n) is 10.0. The Balaban J connectivity index is 1.53. The third-order valence-electron chi connectivity index (χ3n) is 7.32. The lowest BCUT2D eigenvalue weighted by Crippen LogP contribution is -2.43. The number of esters is 1. The van der Waals surface area contributed by atoms with E-state index in [1.54, 1.807) is 0 Å². The molecule has 142 valence electrons. The number of aliphatic hydroxyl groups excluding tert-OH is 1. The van der Waals surface area contributed by atoms with Crippen molar-refractivity contribution in [2.75, 3.05) is 20.6 Å². The summed E-state index contributed by atoms with van der Waals surface area (Å²) in [7, 11) is 3.73. The van der Waals surface area contributed by atoms with Gasteiger partial charge in [-0.2, -0.15) is 0 Å². The Labute approximate surface area is 156 Å². The Morgan fingerprint density at radius 2 is 2.08 bits per heavy atom. The summed E-state index contributed by atoms with van der Waals surface area (Å²) in [5, 5.41) is 10.5. The van der Waals surface area contributed by atoms with Gasteiger partial charge in [0.15, 0.2) is 0 Å². The predicted molar refractivity (Wildman–Crippen MR) is 101 cm³/mol. The van der Waals surface area contributed by atoms with Crippen molar-refractivity contribution in [2.45, 2.75) is 57.5 Å². The van der Waals surface area contributed by atoms with Crippen LogP contribution in [0.5, 0.6) is 5.75 Å². The molecule has 4 heteroatoms. The summed E-state index contributed by atoms with van der Waals surface area (Å²) in [6.45, 7) is 2.61. The zero-order valence-corrected chi connectivity index (χ0v) is 16.2. The van der Waals surface area contributed by atoms with Gasteiger partial charge in [0.2, 0.25) is 0 Å². The molecule has 0 spiro atoms. The average Bonchev–Trinajstić information content (AvgIpc) is 2.89. The van der Waals surface area contributed by atoms with E-state index in [1.807, 2.05) is 25.1 Å². The molecule has 1 aromatic carbocycles. The smallest absolute Gasteiger partial charge is 0.325 e. The lowest BCUT2D eigenvalue weighted by molar-refractivity contribution is -0.135. The van der Waals surface area contributed by atoms with Gasteiger partial charge in [-0.25, -0.2) is 0 Å². The molecule has 1 N–H and O–H groups in total. The number of ether oxygens (including phenoxy) is 1. The Morgan fingerprint density at radius 3 is 2.85 bits per heavy atom. The Hall–Kier alpha value is -1.39. The van der Waals surface area contributed by atoms with Crippen LogP contribution in [0.2, 0.25) is 0 Å². The first kappa shape index (κ1) is 18.0. The Kier molecular flexibility index (Phi) is 4.60. The number of hydrogen-bond acceptors (Lipinski definition) is 4. The van der Waals surface area contributed by atoms with Gasteiger partial charge in [0, 0.05) is 0 Å². The van der Waals surface area contributed by atoms with Gasteiger partial charge in [0.25, 0.3) is 0 Å². The molecule has 0 saturated heterocycles. The summed E-state index contributed by atoms with van der Waals surface area (Å²) in [6.07, 6.45) is 6.57. The average molecular weight is 357 g/mol. The number of benzene rings is 1. The van der Waals surface area contributed by atoms with Crippen molar-refractivity contribution in [3.05, 3.63) is 29.3 Å². The van der Waals surface area contributed by atoms with Crippen LogP contribution < -0.4 is 4.74 Å². The molecule has 2 saturated carbocycles. The van der Waals surface area contributed by atoms with Gasteiger partial charge >= 0.3 is 5.97 Å². The monoisotopic (exact) mass is 357 g/mol.